The van der Waals surface area contributed by atoms with E-state index in [1.165, 1.54) is 0 Å². The number of aliphatic hydroxyl groups excluding tert-OH is 1. The summed E-state index contributed by atoms with van der Waals surface area (Å²) in [5, 5.41) is 9.62. The predicted molar refractivity (Wildman–Crippen MR) is 62.5 cm³/mol. The minimum Gasteiger partial charge on any atom is -0.477 e. The molecule has 0 aliphatic rings. The first kappa shape index (κ1) is 12.9. The van der Waals surface area contributed by atoms with Gasteiger partial charge in [-0.25, -0.2) is 4.98 Å². The molecule has 0 aliphatic carbocycles. The fraction of sp³-hybridized carbons (Fsp3) is 0.667. The molecule has 4 nitrogen and oxygen atoms in total. The first-order valence-corrected chi connectivity index (χ1v) is 5.81. The lowest BCUT2D eigenvalue weighted by Gasteiger charge is -2.17. The Morgan fingerprint density at radius 3 is 2.69 bits per heavy atom. The zero-order chi connectivity index (χ0) is 12.0. The Balaban J connectivity index is 2.79. The van der Waals surface area contributed by atoms with Crippen LogP contribution in [-0.4, -0.2) is 27.8 Å². The van der Waals surface area contributed by atoms with Crippen molar-refractivity contribution in [1.82, 2.24) is 9.97 Å². The molecule has 1 aromatic heterocycles. The van der Waals surface area contributed by atoms with Gasteiger partial charge in [-0.15, -0.1) is 0 Å². The molecular formula is C12H20N2O2. The summed E-state index contributed by atoms with van der Waals surface area (Å²) >= 11 is 0. The van der Waals surface area contributed by atoms with Gasteiger partial charge in [0.2, 0.25) is 5.88 Å². The van der Waals surface area contributed by atoms with Gasteiger partial charge in [0.25, 0.3) is 0 Å². The van der Waals surface area contributed by atoms with E-state index in [9.17, 15) is 5.11 Å². The van der Waals surface area contributed by atoms with E-state index in [0.29, 0.717) is 12.5 Å². The van der Waals surface area contributed by atoms with Gasteiger partial charge in [0.15, 0.2) is 0 Å². The van der Waals surface area contributed by atoms with E-state index in [2.05, 4.69) is 9.97 Å². The van der Waals surface area contributed by atoms with Crippen molar-refractivity contribution in [1.29, 1.82) is 0 Å². The van der Waals surface area contributed by atoms with Gasteiger partial charge >= 0.3 is 0 Å². The number of rotatable bonds is 6. The van der Waals surface area contributed by atoms with Crippen molar-refractivity contribution in [2.24, 2.45) is 0 Å². The summed E-state index contributed by atoms with van der Waals surface area (Å²) in [5.74, 6) is 0.566. The Hall–Kier alpha value is -1.16. The van der Waals surface area contributed by atoms with Gasteiger partial charge < -0.3 is 9.84 Å². The molecule has 0 saturated carbocycles. The normalized spacial score (nSPS) is 14.5. The van der Waals surface area contributed by atoms with Crippen molar-refractivity contribution in [2.45, 2.75) is 45.6 Å². The van der Waals surface area contributed by atoms with Crippen LogP contribution in [-0.2, 0) is 0 Å². The van der Waals surface area contributed by atoms with Crippen LogP contribution in [0.1, 0.15) is 45.2 Å². The quantitative estimate of drug-likeness (QED) is 0.804. The summed E-state index contributed by atoms with van der Waals surface area (Å²) in [6, 6.07) is 0. The van der Waals surface area contributed by atoms with Crippen molar-refractivity contribution in [3.63, 3.8) is 0 Å². The fourth-order valence-corrected chi connectivity index (χ4v) is 1.61. The topological polar surface area (TPSA) is 55.2 Å². The zero-order valence-corrected chi connectivity index (χ0v) is 10.2. The molecule has 4 heteroatoms. The molecule has 0 bridgehead atoms. The minimum absolute atomic E-state index is 0.0256. The van der Waals surface area contributed by atoms with Crippen LogP contribution in [0.3, 0.4) is 0 Å². The third kappa shape index (κ3) is 3.45. The number of hydrogen-bond donors (Lipinski definition) is 1. The van der Waals surface area contributed by atoms with Crippen LogP contribution in [0, 0.1) is 0 Å². The van der Waals surface area contributed by atoms with E-state index in [1.807, 2.05) is 13.8 Å². The SMILES string of the molecule is CCCOc1cncc(C(CC)C(C)O)n1. The van der Waals surface area contributed by atoms with Crippen LogP contribution >= 0.6 is 0 Å². The molecule has 0 aliphatic heterocycles. The summed E-state index contributed by atoms with van der Waals surface area (Å²) in [6.45, 7) is 6.49. The first-order chi connectivity index (χ1) is 7.69. The molecule has 1 N–H and O–H groups in total. The molecule has 0 saturated heterocycles. The van der Waals surface area contributed by atoms with Crippen LogP contribution in [0.25, 0.3) is 0 Å². The average molecular weight is 224 g/mol. The maximum absolute atomic E-state index is 9.62. The molecule has 0 radical (unpaired) electrons. The maximum atomic E-state index is 9.62. The largest absolute Gasteiger partial charge is 0.477 e. The van der Waals surface area contributed by atoms with Crippen molar-refractivity contribution in [2.75, 3.05) is 6.61 Å². The number of aliphatic hydroxyl groups is 1. The monoisotopic (exact) mass is 224 g/mol. The molecular weight excluding hydrogens is 204 g/mol. The molecule has 90 valence electrons. The maximum Gasteiger partial charge on any atom is 0.232 e. The predicted octanol–water partition coefficient (Wildman–Crippen LogP) is 2.14. The third-order valence-corrected chi connectivity index (χ3v) is 2.49. The Labute approximate surface area is 96.7 Å². The third-order valence-electron chi connectivity index (χ3n) is 2.49. The van der Waals surface area contributed by atoms with Gasteiger partial charge in [-0.2, -0.15) is 0 Å². The van der Waals surface area contributed by atoms with Gasteiger partial charge in [0.05, 0.1) is 24.6 Å². The van der Waals surface area contributed by atoms with Crippen LogP contribution in [0.15, 0.2) is 12.4 Å². The summed E-state index contributed by atoms with van der Waals surface area (Å²) in [5.41, 5.74) is 0.797. The van der Waals surface area contributed by atoms with E-state index in [0.717, 1.165) is 18.5 Å². The van der Waals surface area contributed by atoms with Crippen LogP contribution in [0.4, 0.5) is 0 Å². The van der Waals surface area contributed by atoms with Gasteiger partial charge in [0, 0.05) is 12.1 Å². The molecule has 0 spiro atoms. The number of nitrogens with zero attached hydrogens (tertiary/aromatic N) is 2. The highest BCUT2D eigenvalue weighted by atomic mass is 16.5. The summed E-state index contributed by atoms with van der Waals surface area (Å²) < 4.78 is 5.41. The lowest BCUT2D eigenvalue weighted by molar-refractivity contribution is 0.157. The molecule has 16 heavy (non-hydrogen) atoms. The van der Waals surface area contributed by atoms with Crippen molar-refractivity contribution in [3.8, 4) is 5.88 Å². The Bertz CT molecular complexity index is 316. The molecule has 0 fully saturated rings. The Morgan fingerprint density at radius 2 is 2.12 bits per heavy atom. The number of hydrogen-bond acceptors (Lipinski definition) is 4. The lowest BCUT2D eigenvalue weighted by Crippen LogP contribution is -2.15. The molecule has 0 amide bonds. The minimum atomic E-state index is -0.416. The lowest BCUT2D eigenvalue weighted by atomic mass is 9.97. The molecule has 1 heterocycles. The van der Waals surface area contributed by atoms with E-state index < -0.39 is 6.10 Å². The average Bonchev–Trinajstić information content (AvgIpc) is 2.27. The summed E-state index contributed by atoms with van der Waals surface area (Å²) in [4.78, 5) is 8.45. The molecule has 1 aromatic rings. The second kappa shape index (κ2) is 6.43. The van der Waals surface area contributed by atoms with Gasteiger partial charge in [-0.1, -0.05) is 13.8 Å². The number of ether oxygens (including phenoxy) is 1. The second-order valence-corrected chi connectivity index (χ2v) is 3.89. The van der Waals surface area contributed by atoms with Crippen LogP contribution in [0.5, 0.6) is 5.88 Å². The highest BCUT2D eigenvalue weighted by molar-refractivity contribution is 5.13. The van der Waals surface area contributed by atoms with Crippen molar-refractivity contribution < 1.29 is 9.84 Å². The highest BCUT2D eigenvalue weighted by Crippen LogP contribution is 2.22. The second-order valence-electron chi connectivity index (χ2n) is 3.89. The van der Waals surface area contributed by atoms with Crippen LogP contribution in [0.2, 0.25) is 0 Å². The van der Waals surface area contributed by atoms with Gasteiger partial charge in [-0.05, 0) is 19.8 Å². The molecule has 0 aromatic carbocycles. The summed E-state index contributed by atoms with van der Waals surface area (Å²) in [6.07, 6.45) is 4.66. The Kier molecular flexibility index (Phi) is 5.19. The van der Waals surface area contributed by atoms with Crippen molar-refractivity contribution >= 4 is 0 Å². The van der Waals surface area contributed by atoms with Crippen molar-refractivity contribution in [3.05, 3.63) is 18.1 Å². The fourth-order valence-electron chi connectivity index (χ4n) is 1.61. The summed E-state index contributed by atoms with van der Waals surface area (Å²) in [7, 11) is 0. The Morgan fingerprint density at radius 1 is 1.38 bits per heavy atom. The van der Waals surface area contributed by atoms with Gasteiger partial charge in [-0.3, -0.25) is 4.98 Å². The van der Waals surface area contributed by atoms with E-state index >= 15 is 0 Å². The van der Waals surface area contributed by atoms with E-state index in [-0.39, 0.29) is 5.92 Å². The molecule has 2 atom stereocenters. The molecule has 2 unspecified atom stereocenters. The van der Waals surface area contributed by atoms with E-state index in [4.69, 9.17) is 4.74 Å². The zero-order valence-electron chi connectivity index (χ0n) is 10.2. The van der Waals surface area contributed by atoms with Gasteiger partial charge in [0.1, 0.15) is 0 Å². The number of aromatic nitrogens is 2. The standard InChI is InChI=1S/C12H20N2O2/c1-4-6-16-12-8-13-7-11(14-12)10(5-2)9(3)15/h7-10,15H,4-6H2,1-3H3. The molecule has 1 rings (SSSR count). The van der Waals surface area contributed by atoms with Crippen LogP contribution < -0.4 is 4.74 Å². The highest BCUT2D eigenvalue weighted by Gasteiger charge is 2.17. The first-order valence-electron chi connectivity index (χ1n) is 5.81. The van der Waals surface area contributed by atoms with E-state index in [1.54, 1.807) is 19.3 Å². The smallest absolute Gasteiger partial charge is 0.232 e.